The lowest BCUT2D eigenvalue weighted by Gasteiger charge is -2.36. The van der Waals surface area contributed by atoms with Crippen LogP contribution in [0.2, 0.25) is 0 Å². The van der Waals surface area contributed by atoms with Crippen LogP contribution in [0.5, 0.6) is 0 Å². The van der Waals surface area contributed by atoms with Crippen molar-refractivity contribution in [3.63, 3.8) is 0 Å². The summed E-state index contributed by atoms with van der Waals surface area (Å²) in [5, 5.41) is 8.12. The van der Waals surface area contributed by atoms with Crippen LogP contribution in [-0.2, 0) is 9.47 Å². The highest BCUT2D eigenvalue weighted by molar-refractivity contribution is 7.07. The fourth-order valence-electron chi connectivity index (χ4n) is 3.06. The van der Waals surface area contributed by atoms with Gasteiger partial charge in [0.05, 0.1) is 13.2 Å². The predicted octanol–water partition coefficient (Wildman–Crippen LogP) is 3.13. The first-order valence-electron chi connectivity index (χ1n) is 7.31. The van der Waals surface area contributed by atoms with Crippen molar-refractivity contribution in [3.05, 3.63) is 22.4 Å². The topological polar surface area (TPSA) is 30.5 Å². The summed E-state index contributed by atoms with van der Waals surface area (Å²) in [5.74, 6) is 0.373. The Kier molecular flexibility index (Phi) is 4.22. The molecule has 0 amide bonds. The summed E-state index contributed by atoms with van der Waals surface area (Å²) in [6.45, 7) is 4.90. The van der Waals surface area contributed by atoms with Gasteiger partial charge in [0.15, 0.2) is 5.79 Å². The Morgan fingerprint density at radius 1 is 1.37 bits per heavy atom. The number of thiophene rings is 1. The van der Waals surface area contributed by atoms with Crippen molar-refractivity contribution in [2.45, 2.75) is 50.4 Å². The van der Waals surface area contributed by atoms with E-state index in [1.54, 1.807) is 11.3 Å². The van der Waals surface area contributed by atoms with Gasteiger partial charge in [0, 0.05) is 25.4 Å². The summed E-state index contributed by atoms with van der Waals surface area (Å²) in [4.78, 5) is 0. The molecule has 1 saturated carbocycles. The van der Waals surface area contributed by atoms with Gasteiger partial charge in [-0.15, -0.1) is 0 Å². The molecule has 2 heterocycles. The van der Waals surface area contributed by atoms with E-state index in [1.807, 2.05) is 0 Å². The largest absolute Gasteiger partial charge is 0.348 e. The standard InChI is InChI=1S/C15H23NO2S/c1-12(13-4-9-19-11-13)10-16-14-2-5-15(6-3-14)17-7-8-18-15/h4,9,11-12,14,16H,2-3,5-8,10H2,1H3/t12-/m1/s1. The zero-order chi connectivity index (χ0) is 13.1. The number of nitrogens with one attached hydrogen (secondary N) is 1. The summed E-state index contributed by atoms with van der Waals surface area (Å²) in [5.41, 5.74) is 1.45. The van der Waals surface area contributed by atoms with Crippen LogP contribution >= 0.6 is 11.3 Å². The molecule has 4 heteroatoms. The van der Waals surface area contributed by atoms with Gasteiger partial charge in [0.1, 0.15) is 0 Å². The average molecular weight is 281 g/mol. The lowest BCUT2D eigenvalue weighted by atomic mass is 9.89. The second kappa shape index (κ2) is 5.92. The molecule has 1 aromatic rings. The molecule has 1 aliphatic heterocycles. The predicted molar refractivity (Wildman–Crippen MR) is 77.6 cm³/mol. The zero-order valence-electron chi connectivity index (χ0n) is 11.6. The van der Waals surface area contributed by atoms with E-state index in [-0.39, 0.29) is 5.79 Å². The van der Waals surface area contributed by atoms with Gasteiger partial charge in [0.25, 0.3) is 0 Å². The highest BCUT2D eigenvalue weighted by atomic mass is 32.1. The molecular weight excluding hydrogens is 258 g/mol. The van der Waals surface area contributed by atoms with Gasteiger partial charge < -0.3 is 14.8 Å². The lowest BCUT2D eigenvalue weighted by Crippen LogP contribution is -2.42. The second-order valence-electron chi connectivity index (χ2n) is 5.75. The molecule has 2 fully saturated rings. The molecule has 1 aromatic heterocycles. The van der Waals surface area contributed by atoms with E-state index < -0.39 is 0 Å². The van der Waals surface area contributed by atoms with Crippen LogP contribution in [0.3, 0.4) is 0 Å². The first-order valence-corrected chi connectivity index (χ1v) is 8.25. The fourth-order valence-corrected chi connectivity index (χ4v) is 3.85. The van der Waals surface area contributed by atoms with Gasteiger partial charge in [-0.05, 0) is 41.1 Å². The van der Waals surface area contributed by atoms with Crippen molar-refractivity contribution in [3.8, 4) is 0 Å². The van der Waals surface area contributed by atoms with Gasteiger partial charge in [-0.1, -0.05) is 6.92 Å². The van der Waals surface area contributed by atoms with Crippen LogP contribution in [0.4, 0.5) is 0 Å². The highest BCUT2D eigenvalue weighted by Crippen LogP contribution is 2.35. The monoisotopic (exact) mass is 281 g/mol. The van der Waals surface area contributed by atoms with Crippen LogP contribution in [0.1, 0.15) is 44.1 Å². The van der Waals surface area contributed by atoms with Crippen molar-refractivity contribution in [1.29, 1.82) is 0 Å². The Bertz CT molecular complexity index is 377. The molecule has 3 nitrogen and oxygen atoms in total. The molecule has 2 aliphatic rings. The summed E-state index contributed by atoms with van der Waals surface area (Å²) < 4.78 is 11.5. The Morgan fingerprint density at radius 3 is 2.74 bits per heavy atom. The zero-order valence-corrected chi connectivity index (χ0v) is 12.4. The van der Waals surface area contributed by atoms with Crippen LogP contribution in [0.25, 0.3) is 0 Å². The Morgan fingerprint density at radius 2 is 2.11 bits per heavy atom. The van der Waals surface area contributed by atoms with E-state index in [9.17, 15) is 0 Å². The highest BCUT2D eigenvalue weighted by Gasteiger charge is 2.40. The number of hydrogen-bond donors (Lipinski definition) is 1. The summed E-state index contributed by atoms with van der Waals surface area (Å²) in [6, 6.07) is 2.85. The van der Waals surface area contributed by atoms with Gasteiger partial charge in [-0.2, -0.15) is 11.3 Å². The summed E-state index contributed by atoms with van der Waals surface area (Å²) in [6.07, 6.45) is 4.40. The van der Waals surface area contributed by atoms with Crippen molar-refractivity contribution in [1.82, 2.24) is 5.32 Å². The van der Waals surface area contributed by atoms with Crippen LogP contribution in [0.15, 0.2) is 16.8 Å². The van der Waals surface area contributed by atoms with Crippen molar-refractivity contribution in [2.24, 2.45) is 0 Å². The van der Waals surface area contributed by atoms with E-state index in [0.717, 1.165) is 45.4 Å². The normalized spacial score (nSPS) is 24.9. The molecule has 0 radical (unpaired) electrons. The van der Waals surface area contributed by atoms with Crippen LogP contribution < -0.4 is 5.32 Å². The van der Waals surface area contributed by atoms with E-state index in [0.29, 0.717) is 12.0 Å². The Balaban J connectivity index is 1.42. The van der Waals surface area contributed by atoms with Gasteiger partial charge in [-0.3, -0.25) is 0 Å². The SMILES string of the molecule is C[C@H](CNC1CCC2(CC1)OCCO2)c1ccsc1. The molecule has 1 saturated heterocycles. The lowest BCUT2D eigenvalue weighted by molar-refractivity contribution is -0.179. The Labute approximate surface area is 119 Å². The molecule has 0 unspecified atom stereocenters. The van der Waals surface area contributed by atoms with Crippen LogP contribution in [-0.4, -0.2) is 31.6 Å². The molecule has 0 bridgehead atoms. The first kappa shape index (κ1) is 13.6. The van der Waals surface area contributed by atoms with E-state index in [2.05, 4.69) is 29.1 Å². The number of hydrogen-bond acceptors (Lipinski definition) is 4. The minimum absolute atomic E-state index is 0.225. The molecule has 1 atom stereocenters. The third-order valence-corrected chi connectivity index (χ3v) is 5.09. The number of ether oxygens (including phenoxy) is 2. The van der Waals surface area contributed by atoms with Gasteiger partial charge in [-0.25, -0.2) is 0 Å². The fraction of sp³-hybridized carbons (Fsp3) is 0.733. The molecule has 0 aromatic carbocycles. The minimum atomic E-state index is -0.225. The quantitative estimate of drug-likeness (QED) is 0.920. The maximum atomic E-state index is 5.77. The van der Waals surface area contributed by atoms with Gasteiger partial charge in [0.2, 0.25) is 0 Å². The smallest absolute Gasteiger partial charge is 0.168 e. The van der Waals surface area contributed by atoms with Crippen molar-refractivity contribution < 1.29 is 9.47 Å². The third kappa shape index (κ3) is 3.19. The first-order chi connectivity index (χ1) is 9.27. The second-order valence-corrected chi connectivity index (χ2v) is 6.53. The molecule has 19 heavy (non-hydrogen) atoms. The molecular formula is C15H23NO2S. The van der Waals surface area contributed by atoms with E-state index in [4.69, 9.17) is 9.47 Å². The molecule has 1 aliphatic carbocycles. The maximum absolute atomic E-state index is 5.77. The van der Waals surface area contributed by atoms with Gasteiger partial charge >= 0.3 is 0 Å². The van der Waals surface area contributed by atoms with Crippen molar-refractivity contribution in [2.75, 3.05) is 19.8 Å². The summed E-state index contributed by atoms with van der Waals surface area (Å²) in [7, 11) is 0. The molecule has 3 rings (SSSR count). The van der Waals surface area contributed by atoms with Crippen LogP contribution in [0, 0.1) is 0 Å². The molecule has 106 valence electrons. The van der Waals surface area contributed by atoms with E-state index >= 15 is 0 Å². The molecule has 1 N–H and O–H groups in total. The molecule has 1 spiro atoms. The minimum Gasteiger partial charge on any atom is -0.348 e. The Hall–Kier alpha value is -0.420. The van der Waals surface area contributed by atoms with E-state index in [1.165, 1.54) is 5.56 Å². The number of rotatable bonds is 4. The third-order valence-electron chi connectivity index (χ3n) is 4.39. The average Bonchev–Trinajstić information content (AvgIpc) is 3.09. The van der Waals surface area contributed by atoms with Crippen molar-refractivity contribution >= 4 is 11.3 Å². The maximum Gasteiger partial charge on any atom is 0.168 e. The summed E-state index contributed by atoms with van der Waals surface area (Å²) >= 11 is 1.78.